The molecule has 38 heavy (non-hydrogen) atoms. The van der Waals surface area contributed by atoms with Crippen molar-refractivity contribution in [1.29, 1.82) is 0 Å². The summed E-state index contributed by atoms with van der Waals surface area (Å²) in [4.78, 5) is 9.68. The summed E-state index contributed by atoms with van der Waals surface area (Å²) in [6, 6.07) is 46.5. The van der Waals surface area contributed by atoms with Crippen molar-refractivity contribution in [3.05, 3.63) is 145 Å². The van der Waals surface area contributed by atoms with E-state index in [2.05, 4.69) is 109 Å². The van der Waals surface area contributed by atoms with Gasteiger partial charge in [-0.1, -0.05) is 97.1 Å². The first-order valence-electron chi connectivity index (χ1n) is 12.8. The molecule has 0 unspecified atom stereocenters. The topological polar surface area (TPSA) is 24.7 Å². The smallest absolute Gasteiger partial charge is 0.0631 e. The van der Waals surface area contributed by atoms with Gasteiger partial charge in [-0.05, 0) is 79.5 Å². The first-order chi connectivity index (χ1) is 18.8. The monoisotopic (exact) mass is 484 g/mol. The molecule has 0 aromatic heterocycles. The summed E-state index contributed by atoms with van der Waals surface area (Å²) in [6.07, 6.45) is 3.98. The zero-order valence-electron chi connectivity index (χ0n) is 20.8. The van der Waals surface area contributed by atoms with Crippen molar-refractivity contribution >= 4 is 66.9 Å². The van der Waals surface area contributed by atoms with E-state index in [1.54, 1.807) is 0 Å². The lowest BCUT2D eigenvalue weighted by atomic mass is 9.97. The summed E-state index contributed by atoms with van der Waals surface area (Å²) in [5.74, 6) is 0. The largest absolute Gasteiger partial charge is 0.256 e. The summed E-state index contributed by atoms with van der Waals surface area (Å²) in [6.45, 7) is 0. The van der Waals surface area contributed by atoms with E-state index in [4.69, 9.17) is 9.98 Å². The van der Waals surface area contributed by atoms with Crippen LogP contribution in [-0.2, 0) is 0 Å². The van der Waals surface area contributed by atoms with E-state index in [1.807, 2.05) is 36.7 Å². The molecule has 0 bridgehead atoms. The van der Waals surface area contributed by atoms with Gasteiger partial charge in [-0.25, -0.2) is 0 Å². The van der Waals surface area contributed by atoms with E-state index >= 15 is 0 Å². The normalized spacial score (nSPS) is 12.0. The van der Waals surface area contributed by atoms with Crippen LogP contribution < -0.4 is 0 Å². The standard InChI is InChI=1S/C36H24N2/c1-5-13-31-25(9-1)21-26-10-2-6-14-32(26)35(31)23-37-29-17-19-30(20-18-29)38-24-36-33-15-7-3-11-27(33)22-28-12-4-8-16-34(28)36/h1-24H. The Balaban J connectivity index is 1.23. The number of hydrogen-bond acceptors (Lipinski definition) is 2. The molecule has 0 fully saturated rings. The zero-order valence-corrected chi connectivity index (χ0v) is 20.8. The minimum absolute atomic E-state index is 0.900. The Labute approximate surface area is 221 Å². The van der Waals surface area contributed by atoms with Crippen LogP contribution >= 0.6 is 0 Å². The average molecular weight is 485 g/mol. The van der Waals surface area contributed by atoms with E-state index in [-0.39, 0.29) is 0 Å². The molecule has 0 saturated carbocycles. The lowest BCUT2D eigenvalue weighted by Crippen LogP contribution is -1.88. The quantitative estimate of drug-likeness (QED) is 0.175. The maximum atomic E-state index is 4.84. The van der Waals surface area contributed by atoms with Gasteiger partial charge in [-0.3, -0.25) is 9.98 Å². The summed E-state index contributed by atoms with van der Waals surface area (Å²) in [7, 11) is 0. The molecule has 7 aromatic rings. The van der Waals surface area contributed by atoms with Crippen molar-refractivity contribution < 1.29 is 0 Å². The second-order valence-corrected chi connectivity index (χ2v) is 9.50. The molecule has 178 valence electrons. The van der Waals surface area contributed by atoms with Gasteiger partial charge in [-0.2, -0.15) is 0 Å². The van der Waals surface area contributed by atoms with Gasteiger partial charge in [0.25, 0.3) is 0 Å². The molecule has 0 saturated heterocycles. The number of benzene rings is 7. The Hall–Kier alpha value is -5.08. The van der Waals surface area contributed by atoms with E-state index < -0.39 is 0 Å². The van der Waals surface area contributed by atoms with Crippen LogP contribution in [0.15, 0.2) is 143 Å². The van der Waals surface area contributed by atoms with Gasteiger partial charge in [0.2, 0.25) is 0 Å². The van der Waals surface area contributed by atoms with Crippen LogP contribution in [0.4, 0.5) is 11.4 Å². The van der Waals surface area contributed by atoms with Gasteiger partial charge in [0.05, 0.1) is 11.4 Å². The predicted octanol–water partition coefficient (Wildman–Crippen LogP) is 9.80. The Morgan fingerprint density at radius 1 is 0.342 bits per heavy atom. The molecule has 0 atom stereocenters. The Kier molecular flexibility index (Phi) is 5.49. The molecule has 0 aliphatic carbocycles. The first kappa shape index (κ1) is 22.1. The molecule has 0 spiro atoms. The van der Waals surface area contributed by atoms with E-state index in [0.717, 1.165) is 22.5 Å². The summed E-state index contributed by atoms with van der Waals surface area (Å²) in [5.41, 5.74) is 4.08. The van der Waals surface area contributed by atoms with E-state index in [0.29, 0.717) is 0 Å². The molecule has 0 aliphatic heterocycles. The van der Waals surface area contributed by atoms with Crippen LogP contribution in [0.3, 0.4) is 0 Å². The third-order valence-electron chi connectivity index (χ3n) is 7.16. The van der Waals surface area contributed by atoms with Gasteiger partial charge in [0, 0.05) is 23.6 Å². The highest BCUT2D eigenvalue weighted by Crippen LogP contribution is 2.30. The van der Waals surface area contributed by atoms with Crippen LogP contribution in [0.1, 0.15) is 11.1 Å². The number of aliphatic imine (C=N–C) groups is 2. The molecule has 0 aliphatic rings. The molecule has 0 amide bonds. The number of nitrogens with zero attached hydrogens (tertiary/aromatic N) is 2. The summed E-state index contributed by atoms with van der Waals surface area (Å²) >= 11 is 0. The van der Waals surface area contributed by atoms with Crippen molar-refractivity contribution in [3.63, 3.8) is 0 Å². The minimum Gasteiger partial charge on any atom is -0.256 e. The van der Waals surface area contributed by atoms with Crippen molar-refractivity contribution in [2.45, 2.75) is 0 Å². The molecule has 2 nitrogen and oxygen atoms in total. The molecular formula is C36H24N2. The first-order valence-corrected chi connectivity index (χ1v) is 12.8. The third kappa shape index (κ3) is 4.03. The molecule has 0 heterocycles. The summed E-state index contributed by atoms with van der Waals surface area (Å²) < 4.78 is 0. The van der Waals surface area contributed by atoms with Crippen LogP contribution in [0.5, 0.6) is 0 Å². The Morgan fingerprint density at radius 3 is 0.947 bits per heavy atom. The minimum atomic E-state index is 0.900. The average Bonchev–Trinajstić information content (AvgIpc) is 2.98. The fourth-order valence-electron chi connectivity index (χ4n) is 5.28. The molecule has 2 heteroatoms. The van der Waals surface area contributed by atoms with E-state index in [1.165, 1.54) is 43.1 Å². The van der Waals surface area contributed by atoms with Gasteiger partial charge in [0.15, 0.2) is 0 Å². The van der Waals surface area contributed by atoms with Crippen LogP contribution in [0.25, 0.3) is 43.1 Å². The van der Waals surface area contributed by atoms with Crippen molar-refractivity contribution in [3.8, 4) is 0 Å². The highest BCUT2D eigenvalue weighted by molar-refractivity contribution is 6.14. The highest BCUT2D eigenvalue weighted by Gasteiger charge is 2.07. The molecule has 7 aromatic carbocycles. The van der Waals surface area contributed by atoms with E-state index in [9.17, 15) is 0 Å². The molecule has 0 radical (unpaired) electrons. The van der Waals surface area contributed by atoms with Crippen molar-refractivity contribution in [2.24, 2.45) is 9.98 Å². The van der Waals surface area contributed by atoms with Crippen LogP contribution in [0, 0.1) is 0 Å². The summed E-state index contributed by atoms with van der Waals surface area (Å²) in [5, 5.41) is 9.71. The number of hydrogen-bond donors (Lipinski definition) is 0. The maximum absolute atomic E-state index is 4.84. The maximum Gasteiger partial charge on any atom is 0.0631 e. The third-order valence-corrected chi connectivity index (χ3v) is 7.16. The van der Waals surface area contributed by atoms with Gasteiger partial charge in [-0.15, -0.1) is 0 Å². The second kappa shape index (κ2) is 9.42. The zero-order chi connectivity index (χ0) is 25.3. The fourth-order valence-corrected chi connectivity index (χ4v) is 5.28. The highest BCUT2D eigenvalue weighted by atomic mass is 14.7. The van der Waals surface area contributed by atoms with Gasteiger partial charge in [0.1, 0.15) is 0 Å². The lowest BCUT2D eigenvalue weighted by molar-refractivity contribution is 1.49. The molecular weight excluding hydrogens is 460 g/mol. The van der Waals surface area contributed by atoms with Crippen molar-refractivity contribution in [2.75, 3.05) is 0 Å². The second-order valence-electron chi connectivity index (χ2n) is 9.50. The Morgan fingerprint density at radius 2 is 0.632 bits per heavy atom. The van der Waals surface area contributed by atoms with Gasteiger partial charge < -0.3 is 0 Å². The van der Waals surface area contributed by atoms with Gasteiger partial charge >= 0.3 is 0 Å². The number of fused-ring (bicyclic) bond motifs is 4. The fraction of sp³-hybridized carbons (Fsp3) is 0. The lowest BCUT2D eigenvalue weighted by Gasteiger charge is -2.08. The number of rotatable bonds is 4. The molecule has 0 N–H and O–H groups in total. The SMILES string of the molecule is C(=Nc1ccc(N=Cc2c3ccccc3cc3ccccc23)cc1)c1c2ccccc2cc2ccccc12. The van der Waals surface area contributed by atoms with Crippen molar-refractivity contribution in [1.82, 2.24) is 0 Å². The Bertz CT molecular complexity index is 1760. The predicted molar refractivity (Wildman–Crippen MR) is 164 cm³/mol. The van der Waals surface area contributed by atoms with Crippen LogP contribution in [-0.4, -0.2) is 12.4 Å². The van der Waals surface area contributed by atoms with Crippen LogP contribution in [0.2, 0.25) is 0 Å². The molecule has 7 rings (SSSR count).